The van der Waals surface area contributed by atoms with Crippen molar-refractivity contribution in [2.75, 3.05) is 38.3 Å². The average molecular weight is 516 g/mol. The van der Waals surface area contributed by atoms with E-state index in [4.69, 9.17) is 21.1 Å². The first-order chi connectivity index (χ1) is 12.0. The predicted octanol–water partition coefficient (Wildman–Crippen LogP) is 1.62. The molecule has 0 radical (unpaired) electrons. The van der Waals surface area contributed by atoms with Crippen molar-refractivity contribution in [3.05, 3.63) is 22.7 Å². The molecule has 1 unspecified atom stereocenters. The van der Waals surface area contributed by atoms with Gasteiger partial charge in [0.1, 0.15) is 13.2 Å². The molecule has 1 saturated heterocycles. The van der Waals surface area contributed by atoms with Crippen molar-refractivity contribution >= 4 is 51.4 Å². The Kier molecular flexibility index (Phi) is 7.65. The SMILES string of the molecule is CN=C(NCCc1cc(Cl)c2c(c1)OCCO2)NC1CCS(=O)(=O)C1.I. The molecule has 2 N–H and O–H groups in total. The molecule has 1 fully saturated rings. The van der Waals surface area contributed by atoms with Gasteiger partial charge in [0.05, 0.1) is 16.5 Å². The number of guanidine groups is 1. The number of halogens is 2. The second kappa shape index (κ2) is 9.32. The van der Waals surface area contributed by atoms with E-state index in [1.54, 1.807) is 7.05 Å². The Morgan fingerprint density at radius 1 is 1.35 bits per heavy atom. The van der Waals surface area contributed by atoms with Gasteiger partial charge in [0.25, 0.3) is 0 Å². The minimum Gasteiger partial charge on any atom is -0.486 e. The van der Waals surface area contributed by atoms with E-state index < -0.39 is 9.84 Å². The molecule has 7 nitrogen and oxygen atoms in total. The van der Waals surface area contributed by atoms with Crippen LogP contribution in [-0.2, 0) is 16.3 Å². The molecule has 26 heavy (non-hydrogen) atoms. The lowest BCUT2D eigenvalue weighted by Crippen LogP contribution is -2.44. The van der Waals surface area contributed by atoms with Crippen LogP contribution in [0.3, 0.4) is 0 Å². The lowest BCUT2D eigenvalue weighted by atomic mass is 10.1. The molecule has 0 aromatic heterocycles. The van der Waals surface area contributed by atoms with E-state index in [9.17, 15) is 8.42 Å². The highest BCUT2D eigenvalue weighted by Crippen LogP contribution is 2.38. The number of nitrogens with zero attached hydrogens (tertiary/aromatic N) is 1. The second-order valence-electron chi connectivity index (χ2n) is 6.10. The Morgan fingerprint density at radius 3 is 2.81 bits per heavy atom. The maximum atomic E-state index is 11.5. The van der Waals surface area contributed by atoms with Crippen molar-refractivity contribution in [3.8, 4) is 11.5 Å². The fourth-order valence-corrected chi connectivity index (χ4v) is 4.89. The summed E-state index contributed by atoms with van der Waals surface area (Å²) in [5.74, 6) is 2.27. The third-order valence-corrected chi connectivity index (χ3v) is 6.21. The van der Waals surface area contributed by atoms with Crippen molar-refractivity contribution in [1.29, 1.82) is 0 Å². The zero-order valence-corrected chi connectivity index (χ0v) is 18.4. The van der Waals surface area contributed by atoms with Gasteiger partial charge in [0.2, 0.25) is 0 Å². The van der Waals surface area contributed by atoms with E-state index in [0.717, 1.165) is 12.0 Å². The van der Waals surface area contributed by atoms with Gasteiger partial charge in [-0.1, -0.05) is 11.6 Å². The zero-order valence-electron chi connectivity index (χ0n) is 14.5. The summed E-state index contributed by atoms with van der Waals surface area (Å²) in [5, 5.41) is 6.91. The fourth-order valence-electron chi connectivity index (χ4n) is 2.93. The van der Waals surface area contributed by atoms with Gasteiger partial charge in [-0.05, 0) is 30.5 Å². The van der Waals surface area contributed by atoms with Crippen LogP contribution in [0.15, 0.2) is 17.1 Å². The molecule has 3 rings (SSSR count). The van der Waals surface area contributed by atoms with Crippen LogP contribution in [0.4, 0.5) is 0 Å². The van der Waals surface area contributed by atoms with E-state index in [2.05, 4.69) is 15.6 Å². The summed E-state index contributed by atoms with van der Waals surface area (Å²) in [7, 11) is -1.25. The van der Waals surface area contributed by atoms with Crippen molar-refractivity contribution in [2.45, 2.75) is 18.9 Å². The molecule has 1 atom stereocenters. The normalized spacial score (nSPS) is 21.0. The number of benzene rings is 1. The zero-order chi connectivity index (χ0) is 17.9. The molecular weight excluding hydrogens is 493 g/mol. The molecular formula is C16H23ClIN3O4S. The van der Waals surface area contributed by atoms with Crippen LogP contribution in [-0.4, -0.2) is 58.7 Å². The van der Waals surface area contributed by atoms with Gasteiger partial charge in [-0.2, -0.15) is 0 Å². The first-order valence-electron chi connectivity index (χ1n) is 8.22. The molecule has 2 heterocycles. The quantitative estimate of drug-likeness (QED) is 0.360. The van der Waals surface area contributed by atoms with E-state index in [0.29, 0.717) is 48.7 Å². The van der Waals surface area contributed by atoms with Crippen molar-refractivity contribution in [1.82, 2.24) is 10.6 Å². The molecule has 0 spiro atoms. The first-order valence-corrected chi connectivity index (χ1v) is 10.4. The number of hydrogen-bond donors (Lipinski definition) is 2. The van der Waals surface area contributed by atoms with Crippen LogP contribution >= 0.6 is 35.6 Å². The van der Waals surface area contributed by atoms with Crippen molar-refractivity contribution < 1.29 is 17.9 Å². The van der Waals surface area contributed by atoms with Crippen LogP contribution in [0.25, 0.3) is 0 Å². The number of sulfone groups is 1. The number of fused-ring (bicyclic) bond motifs is 1. The molecule has 2 aliphatic heterocycles. The Hall–Kier alpha value is -0.940. The smallest absolute Gasteiger partial charge is 0.191 e. The molecule has 1 aromatic carbocycles. The van der Waals surface area contributed by atoms with Crippen LogP contribution in [0.1, 0.15) is 12.0 Å². The highest BCUT2D eigenvalue weighted by molar-refractivity contribution is 14.0. The van der Waals surface area contributed by atoms with E-state index in [1.807, 2.05) is 12.1 Å². The lowest BCUT2D eigenvalue weighted by molar-refractivity contribution is 0.171. The Balaban J connectivity index is 0.00000243. The summed E-state index contributed by atoms with van der Waals surface area (Å²) in [5.41, 5.74) is 1.03. The third kappa shape index (κ3) is 5.53. The molecule has 0 bridgehead atoms. The highest BCUT2D eigenvalue weighted by Gasteiger charge is 2.28. The summed E-state index contributed by atoms with van der Waals surface area (Å²) >= 11 is 6.24. The van der Waals surface area contributed by atoms with Gasteiger partial charge in [0.15, 0.2) is 27.3 Å². The lowest BCUT2D eigenvalue weighted by Gasteiger charge is -2.20. The van der Waals surface area contributed by atoms with E-state index in [1.165, 1.54) is 0 Å². The molecule has 1 aromatic rings. The Bertz CT molecular complexity index is 773. The minimum absolute atomic E-state index is 0. The average Bonchev–Trinajstić information content (AvgIpc) is 2.92. The summed E-state index contributed by atoms with van der Waals surface area (Å²) in [6.07, 6.45) is 1.33. The van der Waals surface area contributed by atoms with Crippen LogP contribution in [0.5, 0.6) is 11.5 Å². The molecule has 0 aliphatic carbocycles. The molecule has 0 saturated carbocycles. The number of aliphatic imine (C=N–C) groups is 1. The molecule has 146 valence electrons. The molecule has 2 aliphatic rings. The van der Waals surface area contributed by atoms with Crippen molar-refractivity contribution in [2.24, 2.45) is 4.99 Å². The van der Waals surface area contributed by atoms with Gasteiger partial charge in [-0.25, -0.2) is 8.42 Å². The molecule has 10 heteroatoms. The van der Waals surface area contributed by atoms with Crippen LogP contribution in [0, 0.1) is 0 Å². The van der Waals surface area contributed by atoms with Gasteiger partial charge in [-0.3, -0.25) is 4.99 Å². The van der Waals surface area contributed by atoms with Gasteiger partial charge in [-0.15, -0.1) is 24.0 Å². The predicted molar refractivity (Wildman–Crippen MR) is 113 cm³/mol. The van der Waals surface area contributed by atoms with E-state index in [-0.39, 0.29) is 41.5 Å². The summed E-state index contributed by atoms with van der Waals surface area (Å²) in [6.45, 7) is 1.66. The first kappa shape index (κ1) is 21.4. The number of nitrogens with one attached hydrogen (secondary N) is 2. The molecule has 0 amide bonds. The van der Waals surface area contributed by atoms with Crippen LogP contribution < -0.4 is 20.1 Å². The van der Waals surface area contributed by atoms with Gasteiger partial charge >= 0.3 is 0 Å². The second-order valence-corrected chi connectivity index (χ2v) is 8.73. The minimum atomic E-state index is -2.91. The summed E-state index contributed by atoms with van der Waals surface area (Å²) in [6, 6.07) is 3.72. The summed E-state index contributed by atoms with van der Waals surface area (Å²) in [4.78, 5) is 4.15. The van der Waals surface area contributed by atoms with Gasteiger partial charge in [0, 0.05) is 19.6 Å². The van der Waals surface area contributed by atoms with Crippen LogP contribution in [0.2, 0.25) is 5.02 Å². The van der Waals surface area contributed by atoms with Crippen molar-refractivity contribution in [3.63, 3.8) is 0 Å². The monoisotopic (exact) mass is 515 g/mol. The Labute approximate surface area is 175 Å². The third-order valence-electron chi connectivity index (χ3n) is 4.16. The summed E-state index contributed by atoms with van der Waals surface area (Å²) < 4.78 is 34.1. The number of hydrogen-bond acceptors (Lipinski definition) is 5. The van der Waals surface area contributed by atoms with E-state index >= 15 is 0 Å². The maximum Gasteiger partial charge on any atom is 0.191 e. The maximum absolute atomic E-state index is 11.5. The standard InChI is InChI=1S/C16H22ClN3O4S.HI/c1-18-16(20-12-3-7-25(21,22)10-12)19-4-2-11-8-13(17)15-14(9-11)23-5-6-24-15;/h8-9,12H,2-7,10H2,1H3,(H2,18,19,20);1H. The number of ether oxygens (including phenoxy) is 2. The largest absolute Gasteiger partial charge is 0.486 e. The van der Waals surface area contributed by atoms with Gasteiger partial charge < -0.3 is 20.1 Å². The Morgan fingerprint density at radius 2 is 2.12 bits per heavy atom. The number of rotatable bonds is 4. The topological polar surface area (TPSA) is 89.0 Å². The highest BCUT2D eigenvalue weighted by atomic mass is 127. The fraction of sp³-hybridized carbons (Fsp3) is 0.562.